The number of fused-ring (bicyclic) bond motifs is 1. The zero-order valence-electron chi connectivity index (χ0n) is 19.2. The lowest BCUT2D eigenvalue weighted by atomic mass is 9.96. The Morgan fingerprint density at radius 2 is 1.97 bits per heavy atom. The summed E-state index contributed by atoms with van der Waals surface area (Å²) in [5.41, 5.74) is 3.36. The van der Waals surface area contributed by atoms with Crippen LogP contribution in [0.1, 0.15) is 58.9 Å². The molecule has 9 nitrogen and oxygen atoms in total. The Morgan fingerprint density at radius 1 is 1.15 bits per heavy atom. The SMILES string of the molecule is Cc1oc(-c2cccc(NC(=O)C3CCOCC3)c2)nc1CNC(=O)c1noc2c1CCCC2. The van der Waals surface area contributed by atoms with Gasteiger partial charge < -0.3 is 24.3 Å². The molecule has 1 aromatic carbocycles. The molecular weight excluding hydrogens is 436 g/mol. The molecule has 0 spiro atoms. The van der Waals surface area contributed by atoms with Gasteiger partial charge in [0.2, 0.25) is 11.8 Å². The number of aromatic nitrogens is 2. The van der Waals surface area contributed by atoms with Crippen molar-refractivity contribution in [3.63, 3.8) is 0 Å². The first-order chi connectivity index (χ1) is 16.6. The molecule has 2 amide bonds. The number of carbonyl (C=O) groups excluding carboxylic acids is 2. The number of nitrogens with one attached hydrogen (secondary N) is 2. The number of aryl methyl sites for hydroxylation is 2. The number of benzene rings is 1. The summed E-state index contributed by atoms with van der Waals surface area (Å²) in [5.74, 6) is 1.57. The number of ether oxygens (including phenoxy) is 1. The van der Waals surface area contributed by atoms with Gasteiger partial charge in [0, 0.05) is 42.4 Å². The topological polar surface area (TPSA) is 119 Å². The molecular formula is C25H28N4O5. The van der Waals surface area contributed by atoms with Gasteiger partial charge in [-0.2, -0.15) is 0 Å². The average molecular weight is 465 g/mol. The van der Waals surface area contributed by atoms with Gasteiger partial charge in [-0.3, -0.25) is 9.59 Å². The van der Waals surface area contributed by atoms with Gasteiger partial charge in [-0.25, -0.2) is 4.98 Å². The number of nitrogens with zero attached hydrogens (tertiary/aromatic N) is 2. The second-order valence-electron chi connectivity index (χ2n) is 8.80. The summed E-state index contributed by atoms with van der Waals surface area (Å²) in [7, 11) is 0. The number of carbonyl (C=O) groups is 2. The molecule has 2 aliphatic rings. The number of rotatable bonds is 6. The van der Waals surface area contributed by atoms with Crippen LogP contribution < -0.4 is 10.6 Å². The Balaban J connectivity index is 1.24. The molecule has 2 N–H and O–H groups in total. The van der Waals surface area contributed by atoms with Crippen molar-refractivity contribution in [2.75, 3.05) is 18.5 Å². The van der Waals surface area contributed by atoms with Gasteiger partial charge in [0.25, 0.3) is 5.91 Å². The zero-order valence-corrected chi connectivity index (χ0v) is 19.2. The molecule has 1 fully saturated rings. The molecule has 1 aliphatic carbocycles. The zero-order chi connectivity index (χ0) is 23.5. The first-order valence-corrected chi connectivity index (χ1v) is 11.8. The normalized spacial score (nSPS) is 16.1. The van der Waals surface area contributed by atoms with Crippen molar-refractivity contribution in [3.8, 4) is 11.5 Å². The highest BCUT2D eigenvalue weighted by Gasteiger charge is 2.25. The second kappa shape index (κ2) is 9.80. The first kappa shape index (κ1) is 22.3. The van der Waals surface area contributed by atoms with E-state index in [0.717, 1.165) is 55.4 Å². The third-order valence-electron chi connectivity index (χ3n) is 6.44. The van der Waals surface area contributed by atoms with Crippen LogP contribution in [-0.4, -0.2) is 35.2 Å². The van der Waals surface area contributed by atoms with Crippen molar-refractivity contribution in [2.24, 2.45) is 5.92 Å². The number of oxazole rings is 1. The lowest BCUT2D eigenvalue weighted by Crippen LogP contribution is -2.28. The molecule has 2 aromatic heterocycles. The number of anilines is 1. The van der Waals surface area contributed by atoms with Crippen molar-refractivity contribution in [1.29, 1.82) is 0 Å². The van der Waals surface area contributed by atoms with Gasteiger partial charge in [-0.05, 0) is 57.2 Å². The van der Waals surface area contributed by atoms with Gasteiger partial charge in [0.1, 0.15) is 17.2 Å². The Bertz CT molecular complexity index is 1190. The summed E-state index contributed by atoms with van der Waals surface area (Å²) in [4.78, 5) is 29.8. The third kappa shape index (κ3) is 4.75. The van der Waals surface area contributed by atoms with E-state index < -0.39 is 0 Å². The number of hydrogen-bond acceptors (Lipinski definition) is 7. The van der Waals surface area contributed by atoms with Crippen LogP contribution in [0.2, 0.25) is 0 Å². The van der Waals surface area contributed by atoms with Crippen molar-refractivity contribution >= 4 is 17.5 Å². The molecule has 0 saturated carbocycles. The van der Waals surface area contributed by atoms with E-state index in [1.165, 1.54) is 0 Å². The fourth-order valence-electron chi connectivity index (χ4n) is 4.46. The minimum atomic E-state index is -0.270. The van der Waals surface area contributed by atoms with Gasteiger partial charge in [0.05, 0.1) is 6.54 Å². The van der Waals surface area contributed by atoms with Crippen LogP contribution in [0.5, 0.6) is 0 Å². The highest BCUT2D eigenvalue weighted by molar-refractivity contribution is 5.94. The van der Waals surface area contributed by atoms with E-state index in [1.807, 2.05) is 31.2 Å². The predicted octanol–water partition coefficient (Wildman–Crippen LogP) is 3.81. The molecule has 3 heterocycles. The smallest absolute Gasteiger partial charge is 0.274 e. The molecule has 178 valence electrons. The van der Waals surface area contributed by atoms with Gasteiger partial charge >= 0.3 is 0 Å². The molecule has 3 aromatic rings. The Labute approximate surface area is 197 Å². The number of hydrogen-bond donors (Lipinski definition) is 2. The Hall–Kier alpha value is -3.46. The minimum absolute atomic E-state index is 0.00230. The summed E-state index contributed by atoms with van der Waals surface area (Å²) < 4.78 is 16.5. The van der Waals surface area contributed by atoms with Crippen molar-refractivity contribution in [3.05, 3.63) is 52.7 Å². The molecule has 0 radical (unpaired) electrons. The van der Waals surface area contributed by atoms with Crippen LogP contribution in [-0.2, 0) is 28.9 Å². The van der Waals surface area contributed by atoms with Crippen molar-refractivity contribution < 1.29 is 23.3 Å². The van der Waals surface area contributed by atoms with E-state index >= 15 is 0 Å². The molecule has 1 saturated heterocycles. The molecule has 1 aliphatic heterocycles. The highest BCUT2D eigenvalue weighted by Crippen LogP contribution is 2.26. The molecule has 0 unspecified atom stereocenters. The second-order valence-corrected chi connectivity index (χ2v) is 8.80. The predicted molar refractivity (Wildman–Crippen MR) is 123 cm³/mol. The maximum atomic E-state index is 12.7. The molecule has 9 heteroatoms. The Morgan fingerprint density at radius 3 is 2.82 bits per heavy atom. The summed E-state index contributed by atoms with van der Waals surface area (Å²) >= 11 is 0. The van der Waals surface area contributed by atoms with Gasteiger partial charge in [-0.15, -0.1) is 0 Å². The van der Waals surface area contributed by atoms with E-state index in [4.69, 9.17) is 13.7 Å². The van der Waals surface area contributed by atoms with E-state index in [0.29, 0.717) is 41.9 Å². The van der Waals surface area contributed by atoms with Crippen LogP contribution in [0, 0.1) is 12.8 Å². The third-order valence-corrected chi connectivity index (χ3v) is 6.44. The quantitative estimate of drug-likeness (QED) is 0.569. The maximum absolute atomic E-state index is 12.7. The van der Waals surface area contributed by atoms with Crippen LogP contribution in [0.4, 0.5) is 5.69 Å². The van der Waals surface area contributed by atoms with E-state index in [9.17, 15) is 9.59 Å². The largest absolute Gasteiger partial charge is 0.441 e. The fraction of sp³-hybridized carbons (Fsp3) is 0.440. The standard InChI is InChI=1S/C25H28N4O5/c1-15-20(14-26-24(31)22-19-7-2-3-8-21(19)34-29-22)28-25(33-15)17-5-4-6-18(13-17)27-23(30)16-9-11-32-12-10-16/h4-6,13,16H,2-3,7-12,14H2,1H3,(H,26,31)(H,27,30). The van der Waals surface area contributed by atoms with E-state index in [2.05, 4.69) is 20.8 Å². The lowest BCUT2D eigenvalue weighted by Gasteiger charge is -2.21. The molecule has 0 atom stereocenters. The van der Waals surface area contributed by atoms with E-state index in [1.54, 1.807) is 0 Å². The lowest BCUT2D eigenvalue weighted by molar-refractivity contribution is -0.122. The minimum Gasteiger partial charge on any atom is -0.441 e. The highest BCUT2D eigenvalue weighted by atomic mass is 16.5. The van der Waals surface area contributed by atoms with Crippen molar-refractivity contribution in [2.45, 2.75) is 52.0 Å². The monoisotopic (exact) mass is 464 g/mol. The Kier molecular flexibility index (Phi) is 6.44. The summed E-state index contributed by atoms with van der Waals surface area (Å²) in [5, 5.41) is 9.85. The van der Waals surface area contributed by atoms with E-state index in [-0.39, 0.29) is 24.3 Å². The summed E-state index contributed by atoms with van der Waals surface area (Å²) in [6.07, 6.45) is 5.21. The summed E-state index contributed by atoms with van der Waals surface area (Å²) in [6, 6.07) is 7.41. The average Bonchev–Trinajstić information content (AvgIpc) is 3.47. The maximum Gasteiger partial charge on any atom is 0.274 e. The molecule has 5 rings (SSSR count). The van der Waals surface area contributed by atoms with Crippen LogP contribution >= 0.6 is 0 Å². The van der Waals surface area contributed by atoms with Gasteiger partial charge in [-0.1, -0.05) is 11.2 Å². The van der Waals surface area contributed by atoms with Crippen LogP contribution in [0.15, 0.2) is 33.2 Å². The molecule has 34 heavy (non-hydrogen) atoms. The van der Waals surface area contributed by atoms with Crippen LogP contribution in [0.3, 0.4) is 0 Å². The van der Waals surface area contributed by atoms with Gasteiger partial charge in [0.15, 0.2) is 5.69 Å². The summed E-state index contributed by atoms with van der Waals surface area (Å²) in [6.45, 7) is 3.26. The molecule has 0 bridgehead atoms. The first-order valence-electron chi connectivity index (χ1n) is 11.8. The fourth-order valence-corrected chi connectivity index (χ4v) is 4.46. The number of amides is 2. The van der Waals surface area contributed by atoms with Crippen LogP contribution in [0.25, 0.3) is 11.5 Å². The van der Waals surface area contributed by atoms with Crippen molar-refractivity contribution in [1.82, 2.24) is 15.5 Å².